The van der Waals surface area contributed by atoms with Crippen molar-refractivity contribution in [2.75, 3.05) is 52.9 Å². The first kappa shape index (κ1) is 21.0. The Hall–Kier alpha value is -1.74. The highest BCUT2D eigenvalue weighted by Gasteiger charge is 2.29. The van der Waals surface area contributed by atoms with Gasteiger partial charge in [-0.05, 0) is 44.6 Å². The van der Waals surface area contributed by atoms with E-state index in [9.17, 15) is 13.2 Å². The molecule has 0 spiro atoms. The maximum absolute atomic E-state index is 12.9. The minimum absolute atomic E-state index is 0.101. The van der Waals surface area contributed by atoms with Gasteiger partial charge >= 0.3 is 0 Å². The van der Waals surface area contributed by atoms with Crippen LogP contribution in [0.4, 0.5) is 0 Å². The Morgan fingerprint density at radius 3 is 2.68 bits per heavy atom. The van der Waals surface area contributed by atoms with Crippen LogP contribution in [-0.2, 0) is 10.0 Å². The molecular weight excluding hydrogens is 376 g/mol. The summed E-state index contributed by atoms with van der Waals surface area (Å²) in [5.74, 6) is -0.110. The number of likely N-dealkylation sites (tertiary alicyclic amines) is 1. The summed E-state index contributed by atoms with van der Waals surface area (Å²) in [6, 6.07) is 6.82. The molecule has 2 fully saturated rings. The van der Waals surface area contributed by atoms with E-state index in [4.69, 9.17) is 0 Å². The Labute approximate surface area is 168 Å². The van der Waals surface area contributed by atoms with Crippen molar-refractivity contribution < 1.29 is 13.2 Å². The van der Waals surface area contributed by atoms with Crippen LogP contribution in [0.15, 0.2) is 41.8 Å². The van der Waals surface area contributed by atoms with Crippen LogP contribution in [0, 0.1) is 0 Å². The lowest BCUT2D eigenvalue weighted by molar-refractivity contribution is 0.0452. The second kappa shape index (κ2) is 9.17. The number of carbonyl (C=O) groups is 1. The summed E-state index contributed by atoms with van der Waals surface area (Å²) < 4.78 is 27.0. The zero-order valence-corrected chi connectivity index (χ0v) is 17.3. The summed E-state index contributed by atoms with van der Waals surface area (Å²) in [5, 5.41) is 0. The number of hydrogen-bond donors (Lipinski definition) is 1. The van der Waals surface area contributed by atoms with Crippen LogP contribution in [0.5, 0.6) is 0 Å². The number of piperidine rings is 1. The normalized spacial score (nSPS) is 22.2. The lowest BCUT2D eigenvalue weighted by Crippen LogP contribution is -2.55. The average Bonchev–Trinajstić information content (AvgIpc) is 2.72. The van der Waals surface area contributed by atoms with E-state index in [-0.39, 0.29) is 17.3 Å². The molecule has 1 aromatic rings. The molecule has 0 saturated carbocycles. The minimum Gasteiger partial charge on any atom is -0.336 e. The van der Waals surface area contributed by atoms with E-state index < -0.39 is 10.0 Å². The molecule has 0 aliphatic carbocycles. The zero-order valence-electron chi connectivity index (χ0n) is 16.5. The maximum Gasteiger partial charge on any atom is 0.253 e. The molecule has 28 heavy (non-hydrogen) atoms. The van der Waals surface area contributed by atoms with Crippen LogP contribution in [-0.4, -0.2) is 87.9 Å². The van der Waals surface area contributed by atoms with Gasteiger partial charge in [-0.25, -0.2) is 13.1 Å². The predicted octanol–water partition coefficient (Wildman–Crippen LogP) is 1.00. The van der Waals surface area contributed by atoms with E-state index in [0.29, 0.717) is 24.7 Å². The third kappa shape index (κ3) is 5.00. The summed E-state index contributed by atoms with van der Waals surface area (Å²) >= 11 is 0. The summed E-state index contributed by atoms with van der Waals surface area (Å²) in [6.45, 7) is 8.99. The standard InChI is InChI=1S/C20H30N4O3S/c1-3-9-21-28(26,27)19-8-4-6-17(15-19)20(25)24-13-11-23(12-14-24)18-7-5-10-22(2)16-18/h3-4,6,8,15,18,21H,1,5,7,9-14,16H2,2H3. The summed E-state index contributed by atoms with van der Waals surface area (Å²) in [6.07, 6.45) is 3.92. The molecule has 0 aromatic heterocycles. The van der Waals surface area contributed by atoms with Crippen molar-refractivity contribution in [3.05, 3.63) is 42.5 Å². The number of sulfonamides is 1. The molecule has 8 heteroatoms. The van der Waals surface area contributed by atoms with Crippen LogP contribution in [0.25, 0.3) is 0 Å². The van der Waals surface area contributed by atoms with Gasteiger partial charge in [-0.2, -0.15) is 0 Å². The molecule has 2 aliphatic heterocycles. The highest BCUT2D eigenvalue weighted by atomic mass is 32.2. The topological polar surface area (TPSA) is 73.0 Å². The van der Waals surface area contributed by atoms with Crippen molar-refractivity contribution in [3.8, 4) is 0 Å². The number of nitrogens with one attached hydrogen (secondary N) is 1. The minimum atomic E-state index is -3.64. The molecule has 0 bridgehead atoms. The molecule has 3 rings (SSSR count). The molecule has 1 unspecified atom stereocenters. The highest BCUT2D eigenvalue weighted by molar-refractivity contribution is 7.89. The maximum atomic E-state index is 12.9. The molecule has 2 saturated heterocycles. The molecule has 7 nitrogen and oxygen atoms in total. The van der Waals surface area contributed by atoms with Crippen molar-refractivity contribution in [2.24, 2.45) is 0 Å². The van der Waals surface area contributed by atoms with E-state index in [1.54, 1.807) is 12.1 Å². The number of nitrogens with zero attached hydrogens (tertiary/aromatic N) is 3. The van der Waals surface area contributed by atoms with Crippen LogP contribution in [0.1, 0.15) is 23.2 Å². The fraction of sp³-hybridized carbons (Fsp3) is 0.550. The lowest BCUT2D eigenvalue weighted by atomic mass is 10.0. The third-order valence-corrected chi connectivity index (χ3v) is 6.95. The van der Waals surface area contributed by atoms with Crippen LogP contribution < -0.4 is 4.72 Å². The molecule has 1 amide bonds. The Bertz CT molecular complexity index is 803. The van der Waals surface area contributed by atoms with Crippen molar-refractivity contribution in [1.82, 2.24) is 19.4 Å². The number of likely N-dealkylation sites (N-methyl/N-ethyl adjacent to an activating group) is 1. The smallest absolute Gasteiger partial charge is 0.253 e. The first-order chi connectivity index (χ1) is 13.4. The molecule has 1 aromatic carbocycles. The second-order valence-corrected chi connectivity index (χ2v) is 9.32. The second-order valence-electron chi connectivity index (χ2n) is 7.55. The first-order valence-electron chi connectivity index (χ1n) is 9.83. The van der Waals surface area contributed by atoms with Crippen LogP contribution in [0.3, 0.4) is 0 Å². The van der Waals surface area contributed by atoms with Gasteiger partial charge in [0.25, 0.3) is 5.91 Å². The average molecular weight is 407 g/mol. The molecule has 0 radical (unpaired) electrons. The van der Waals surface area contributed by atoms with Gasteiger partial charge < -0.3 is 9.80 Å². The van der Waals surface area contributed by atoms with Crippen molar-refractivity contribution in [2.45, 2.75) is 23.8 Å². The van der Waals surface area contributed by atoms with Crippen molar-refractivity contribution >= 4 is 15.9 Å². The van der Waals surface area contributed by atoms with E-state index in [0.717, 1.165) is 26.2 Å². The summed E-state index contributed by atoms with van der Waals surface area (Å²) in [7, 11) is -1.48. The predicted molar refractivity (Wildman–Crippen MR) is 110 cm³/mol. The van der Waals surface area contributed by atoms with Crippen molar-refractivity contribution in [3.63, 3.8) is 0 Å². The molecule has 1 atom stereocenters. The zero-order chi connectivity index (χ0) is 20.1. The Morgan fingerprint density at radius 2 is 2.00 bits per heavy atom. The fourth-order valence-electron chi connectivity index (χ4n) is 3.96. The number of rotatable bonds is 6. The van der Waals surface area contributed by atoms with E-state index in [1.807, 2.05) is 4.90 Å². The Kier molecular flexibility index (Phi) is 6.87. The number of amides is 1. The molecule has 154 valence electrons. The Morgan fingerprint density at radius 1 is 1.25 bits per heavy atom. The monoisotopic (exact) mass is 406 g/mol. The van der Waals surface area contributed by atoms with Gasteiger partial charge in [0.15, 0.2) is 0 Å². The SMILES string of the molecule is C=CCNS(=O)(=O)c1cccc(C(=O)N2CCN(C3CCCN(C)C3)CC2)c1. The van der Waals surface area contributed by atoms with Gasteiger partial charge in [-0.3, -0.25) is 9.69 Å². The van der Waals surface area contributed by atoms with Gasteiger partial charge in [-0.1, -0.05) is 12.1 Å². The van der Waals surface area contributed by atoms with Gasteiger partial charge in [0.05, 0.1) is 4.90 Å². The highest BCUT2D eigenvalue weighted by Crippen LogP contribution is 2.19. The number of piperazine rings is 1. The van der Waals surface area contributed by atoms with E-state index in [2.05, 4.69) is 28.1 Å². The van der Waals surface area contributed by atoms with Crippen LogP contribution in [0.2, 0.25) is 0 Å². The van der Waals surface area contributed by atoms with Gasteiger partial charge in [-0.15, -0.1) is 6.58 Å². The fourth-order valence-corrected chi connectivity index (χ4v) is 5.00. The molecular formula is C20H30N4O3S. The van der Waals surface area contributed by atoms with Gasteiger partial charge in [0.1, 0.15) is 0 Å². The molecule has 1 N–H and O–H groups in total. The van der Waals surface area contributed by atoms with Gasteiger partial charge in [0, 0.05) is 50.9 Å². The molecule has 2 heterocycles. The van der Waals surface area contributed by atoms with E-state index >= 15 is 0 Å². The summed E-state index contributed by atoms with van der Waals surface area (Å²) in [4.78, 5) is 19.7. The molecule has 2 aliphatic rings. The van der Waals surface area contributed by atoms with Crippen LogP contribution >= 0.6 is 0 Å². The number of carbonyl (C=O) groups excluding carboxylic acids is 1. The quantitative estimate of drug-likeness (QED) is 0.714. The van der Waals surface area contributed by atoms with Gasteiger partial charge in [0.2, 0.25) is 10.0 Å². The third-order valence-electron chi connectivity index (χ3n) is 5.53. The number of benzene rings is 1. The largest absolute Gasteiger partial charge is 0.336 e. The first-order valence-corrected chi connectivity index (χ1v) is 11.3. The summed E-state index contributed by atoms with van der Waals surface area (Å²) in [5.41, 5.74) is 0.410. The van der Waals surface area contributed by atoms with E-state index in [1.165, 1.54) is 31.1 Å². The van der Waals surface area contributed by atoms with Crippen molar-refractivity contribution in [1.29, 1.82) is 0 Å². The Balaban J connectivity index is 1.62. The lowest BCUT2D eigenvalue weighted by Gasteiger charge is -2.42. The number of hydrogen-bond acceptors (Lipinski definition) is 5.